The van der Waals surface area contributed by atoms with E-state index in [9.17, 15) is 14.7 Å². The summed E-state index contributed by atoms with van der Waals surface area (Å²) in [5.41, 5.74) is 3.14. The molecule has 5 rings (SSSR count). The van der Waals surface area contributed by atoms with Crippen molar-refractivity contribution in [3.8, 4) is 5.75 Å². The molecule has 3 heterocycles. The molecule has 2 aliphatic heterocycles. The minimum atomic E-state index is -0.855. The molecule has 31 heavy (non-hydrogen) atoms. The van der Waals surface area contributed by atoms with E-state index in [2.05, 4.69) is 0 Å². The fourth-order valence-electron chi connectivity index (χ4n) is 4.20. The molecule has 2 aliphatic rings. The van der Waals surface area contributed by atoms with Gasteiger partial charge in [-0.3, -0.25) is 14.5 Å². The Balaban J connectivity index is 1.66. The van der Waals surface area contributed by atoms with Gasteiger partial charge in [-0.25, -0.2) is 0 Å². The van der Waals surface area contributed by atoms with Gasteiger partial charge in [0.1, 0.15) is 23.3 Å². The predicted octanol–water partition coefficient (Wildman–Crippen LogP) is 4.40. The second-order valence-electron chi connectivity index (χ2n) is 7.63. The van der Waals surface area contributed by atoms with Gasteiger partial charge in [0.2, 0.25) is 0 Å². The average Bonchev–Trinajstić information content (AvgIpc) is 3.53. The van der Waals surface area contributed by atoms with Crippen molar-refractivity contribution in [3.05, 3.63) is 88.9 Å². The summed E-state index contributed by atoms with van der Waals surface area (Å²) in [7, 11) is 0. The highest BCUT2D eigenvalue weighted by Crippen LogP contribution is 2.42. The summed E-state index contributed by atoms with van der Waals surface area (Å²) in [5, 5.41) is 11.2. The second kappa shape index (κ2) is 7.47. The maximum atomic E-state index is 13.1. The van der Waals surface area contributed by atoms with Crippen molar-refractivity contribution in [3.63, 3.8) is 0 Å². The number of aliphatic hydroxyl groups is 1. The Morgan fingerprint density at radius 3 is 2.65 bits per heavy atom. The molecule has 0 saturated carbocycles. The lowest BCUT2D eigenvalue weighted by atomic mass is 9.97. The standard InChI is InChI=1S/C25H21NO5/c1-2-15-5-8-18(9-6-15)26-22(20-4-3-12-30-20)21(24(28)25(26)29)23(27)17-7-10-19-16(14-17)11-13-31-19/h3-10,12,14,22,27H,2,11,13H2,1H3/b23-21-. The number of carbonyl (C=O) groups excluding carboxylic acids is 2. The summed E-state index contributed by atoms with van der Waals surface area (Å²) >= 11 is 0. The zero-order valence-electron chi connectivity index (χ0n) is 17.0. The Bertz CT molecular complexity index is 1190. The number of ether oxygens (including phenoxy) is 1. The molecular formula is C25H21NO5. The Morgan fingerprint density at radius 1 is 1.13 bits per heavy atom. The van der Waals surface area contributed by atoms with Gasteiger partial charge in [0.05, 0.1) is 18.4 Å². The number of fused-ring (bicyclic) bond motifs is 1. The Morgan fingerprint density at radius 2 is 1.94 bits per heavy atom. The van der Waals surface area contributed by atoms with Crippen LogP contribution in [0.1, 0.15) is 35.4 Å². The number of anilines is 1. The quantitative estimate of drug-likeness (QED) is 0.388. The van der Waals surface area contributed by atoms with Crippen LogP contribution in [0.25, 0.3) is 5.76 Å². The fraction of sp³-hybridized carbons (Fsp3) is 0.200. The lowest BCUT2D eigenvalue weighted by Crippen LogP contribution is -2.29. The van der Waals surface area contributed by atoms with E-state index >= 15 is 0 Å². The number of furan rings is 1. The number of amides is 1. The molecule has 1 atom stereocenters. The minimum absolute atomic E-state index is 0.0124. The Labute approximate surface area is 179 Å². The first kappa shape index (κ1) is 19.2. The van der Waals surface area contributed by atoms with E-state index < -0.39 is 17.7 Å². The lowest BCUT2D eigenvalue weighted by molar-refractivity contribution is -0.132. The Hall–Kier alpha value is -3.80. The molecule has 1 fully saturated rings. The fourth-order valence-corrected chi connectivity index (χ4v) is 4.20. The van der Waals surface area contributed by atoms with E-state index in [1.54, 1.807) is 30.3 Å². The highest BCUT2D eigenvalue weighted by atomic mass is 16.5. The molecular weight excluding hydrogens is 394 g/mol. The summed E-state index contributed by atoms with van der Waals surface area (Å²) in [6.07, 6.45) is 3.08. The molecule has 3 aromatic rings. The van der Waals surface area contributed by atoms with E-state index in [4.69, 9.17) is 9.15 Å². The monoisotopic (exact) mass is 415 g/mol. The number of hydrogen-bond acceptors (Lipinski definition) is 5. The van der Waals surface area contributed by atoms with Gasteiger partial charge in [0, 0.05) is 17.7 Å². The summed E-state index contributed by atoms with van der Waals surface area (Å²) < 4.78 is 11.1. The second-order valence-corrected chi connectivity index (χ2v) is 7.63. The minimum Gasteiger partial charge on any atom is -0.507 e. The molecule has 156 valence electrons. The number of aryl methyl sites for hydroxylation is 1. The van der Waals surface area contributed by atoms with Crippen molar-refractivity contribution in [1.82, 2.24) is 0 Å². The number of hydrogen-bond donors (Lipinski definition) is 1. The van der Waals surface area contributed by atoms with Crippen molar-refractivity contribution in [2.24, 2.45) is 0 Å². The zero-order valence-corrected chi connectivity index (χ0v) is 17.0. The first-order valence-electron chi connectivity index (χ1n) is 10.3. The smallest absolute Gasteiger partial charge is 0.300 e. The van der Waals surface area contributed by atoms with Crippen molar-refractivity contribution >= 4 is 23.1 Å². The van der Waals surface area contributed by atoms with Gasteiger partial charge < -0.3 is 14.3 Å². The Kier molecular flexibility index (Phi) is 4.62. The van der Waals surface area contributed by atoms with Crippen LogP contribution in [0.3, 0.4) is 0 Å². The van der Waals surface area contributed by atoms with Gasteiger partial charge in [-0.1, -0.05) is 19.1 Å². The molecule has 0 aliphatic carbocycles. The largest absolute Gasteiger partial charge is 0.507 e. The van der Waals surface area contributed by atoms with E-state index in [0.717, 1.165) is 29.7 Å². The van der Waals surface area contributed by atoms with Crippen molar-refractivity contribution in [2.75, 3.05) is 11.5 Å². The molecule has 1 amide bonds. The summed E-state index contributed by atoms with van der Waals surface area (Å²) in [6.45, 7) is 2.63. The first-order chi connectivity index (χ1) is 15.1. The molecule has 1 aromatic heterocycles. The number of carbonyl (C=O) groups is 2. The number of rotatable bonds is 4. The average molecular weight is 415 g/mol. The number of benzene rings is 2. The van der Waals surface area contributed by atoms with Gasteiger partial charge in [0.25, 0.3) is 11.7 Å². The molecule has 2 aromatic carbocycles. The molecule has 0 bridgehead atoms. The highest BCUT2D eigenvalue weighted by molar-refractivity contribution is 6.51. The number of Topliss-reactive ketones (excluding diaryl/α,β-unsaturated/α-hetero) is 1. The lowest BCUT2D eigenvalue weighted by Gasteiger charge is -2.23. The maximum absolute atomic E-state index is 13.1. The van der Waals surface area contributed by atoms with Gasteiger partial charge in [-0.15, -0.1) is 0 Å². The van der Waals surface area contributed by atoms with Gasteiger partial charge in [-0.2, -0.15) is 0 Å². The molecule has 1 N–H and O–H groups in total. The van der Waals surface area contributed by atoms with E-state index in [1.807, 2.05) is 31.2 Å². The SMILES string of the molecule is CCc1ccc(N2C(=O)C(=O)/C(=C(\O)c3ccc4c(c3)CCO4)C2c2ccco2)cc1. The maximum Gasteiger partial charge on any atom is 0.300 e. The van der Waals surface area contributed by atoms with Crippen LogP contribution in [-0.4, -0.2) is 23.4 Å². The third kappa shape index (κ3) is 3.11. The number of nitrogens with zero attached hydrogens (tertiary/aromatic N) is 1. The van der Waals surface area contributed by atoms with Gasteiger partial charge >= 0.3 is 0 Å². The normalized spacial score (nSPS) is 19.5. The van der Waals surface area contributed by atoms with Crippen molar-refractivity contribution in [1.29, 1.82) is 0 Å². The first-order valence-corrected chi connectivity index (χ1v) is 10.3. The number of aliphatic hydroxyl groups excluding tert-OH is 1. The molecule has 0 radical (unpaired) electrons. The molecule has 1 unspecified atom stereocenters. The summed E-state index contributed by atoms with van der Waals surface area (Å²) in [6, 6.07) is 15.3. The summed E-state index contributed by atoms with van der Waals surface area (Å²) in [4.78, 5) is 27.6. The predicted molar refractivity (Wildman–Crippen MR) is 115 cm³/mol. The van der Waals surface area contributed by atoms with Crippen LogP contribution < -0.4 is 9.64 Å². The highest BCUT2D eigenvalue weighted by Gasteiger charge is 2.48. The third-order valence-corrected chi connectivity index (χ3v) is 5.84. The zero-order chi connectivity index (χ0) is 21.5. The van der Waals surface area contributed by atoms with Crippen LogP contribution in [0.4, 0.5) is 5.69 Å². The van der Waals surface area contributed by atoms with Crippen LogP contribution in [0.15, 0.2) is 70.9 Å². The molecule has 6 heteroatoms. The molecule has 0 spiro atoms. The number of ketones is 1. The van der Waals surface area contributed by atoms with E-state index in [1.165, 1.54) is 11.2 Å². The van der Waals surface area contributed by atoms with Gasteiger partial charge in [-0.05, 0) is 60.0 Å². The topological polar surface area (TPSA) is 80.0 Å². The third-order valence-electron chi connectivity index (χ3n) is 5.84. The molecule has 1 saturated heterocycles. The summed E-state index contributed by atoms with van der Waals surface area (Å²) in [5.74, 6) is -0.477. The van der Waals surface area contributed by atoms with Gasteiger partial charge in [0.15, 0.2) is 0 Å². The van der Waals surface area contributed by atoms with E-state index in [0.29, 0.717) is 23.6 Å². The van der Waals surface area contributed by atoms with E-state index in [-0.39, 0.29) is 11.3 Å². The van der Waals surface area contributed by atoms with Crippen LogP contribution in [0, 0.1) is 0 Å². The van der Waals surface area contributed by atoms with Crippen LogP contribution in [0.5, 0.6) is 5.75 Å². The van der Waals surface area contributed by atoms with Crippen LogP contribution >= 0.6 is 0 Å². The van der Waals surface area contributed by atoms with Crippen molar-refractivity contribution in [2.45, 2.75) is 25.8 Å². The molecule has 6 nitrogen and oxygen atoms in total. The van der Waals surface area contributed by atoms with Crippen molar-refractivity contribution < 1.29 is 23.8 Å². The van der Waals surface area contributed by atoms with Crippen LogP contribution in [0.2, 0.25) is 0 Å². The van der Waals surface area contributed by atoms with Crippen LogP contribution in [-0.2, 0) is 22.4 Å².